The van der Waals surface area contributed by atoms with Gasteiger partial charge >= 0.3 is 11.9 Å². The Kier molecular flexibility index (Phi) is 23.7. The predicted molar refractivity (Wildman–Crippen MR) is 65.2 cm³/mol. The minimum absolute atomic E-state index is 0.330. The molecule has 0 rings (SSSR count). The second-order valence-corrected chi connectivity index (χ2v) is 2.27. The van der Waals surface area contributed by atoms with Crippen molar-refractivity contribution in [3.8, 4) is 0 Å². The summed E-state index contributed by atoms with van der Waals surface area (Å²) in [5.74, 6) is -1.31. The third kappa shape index (κ3) is 29.4. The minimum atomic E-state index is -0.981. The maximum absolute atomic E-state index is 10.3. The number of esters is 1. The molecule has 0 aromatic rings. The highest BCUT2D eigenvalue weighted by Gasteiger charge is 1.91. The summed E-state index contributed by atoms with van der Waals surface area (Å²) in [6.07, 6.45) is 3.99. The fourth-order valence-corrected chi connectivity index (χ4v) is 0.376. The largest absolute Gasteiger partial charge is 0.478 e. The van der Waals surface area contributed by atoms with Gasteiger partial charge in [-0.1, -0.05) is 40.3 Å². The molecule has 0 amide bonds. The molecule has 0 aromatic carbocycles. The number of ether oxygens (including phenoxy) is 1. The standard InChI is InChI=1S/C7H12O2.C3H4O2.C2H6/c1-3-5-6-9-7(8)4-2;1-2-3(4)5;1-2/h4H,2-3,5-6H2,1H3;2H,1H2,(H,4,5);1-2H3. The molecule has 0 unspecified atom stereocenters. The molecule has 0 heterocycles. The summed E-state index contributed by atoms with van der Waals surface area (Å²) in [4.78, 5) is 19.6. The fraction of sp³-hybridized carbons (Fsp3) is 0.500. The van der Waals surface area contributed by atoms with E-state index in [1.165, 1.54) is 6.08 Å². The Morgan fingerprint density at radius 3 is 1.94 bits per heavy atom. The van der Waals surface area contributed by atoms with Gasteiger partial charge in [0.15, 0.2) is 0 Å². The first-order valence-corrected chi connectivity index (χ1v) is 5.23. The van der Waals surface area contributed by atoms with Crippen LogP contribution in [0.25, 0.3) is 0 Å². The van der Waals surface area contributed by atoms with E-state index in [0.29, 0.717) is 6.61 Å². The number of rotatable bonds is 5. The summed E-state index contributed by atoms with van der Waals surface area (Å²) in [6.45, 7) is 12.8. The van der Waals surface area contributed by atoms with Crippen LogP contribution < -0.4 is 0 Å². The number of aliphatic carboxylic acids is 1. The molecule has 0 aliphatic carbocycles. The lowest BCUT2D eigenvalue weighted by Crippen LogP contribution is -2.00. The Bertz CT molecular complexity index is 197. The van der Waals surface area contributed by atoms with Crippen LogP contribution >= 0.6 is 0 Å². The van der Waals surface area contributed by atoms with E-state index in [0.717, 1.165) is 18.9 Å². The predicted octanol–water partition coefficient (Wildman–Crippen LogP) is 2.80. The van der Waals surface area contributed by atoms with Gasteiger partial charge in [-0.05, 0) is 6.42 Å². The van der Waals surface area contributed by atoms with E-state index in [1.807, 2.05) is 20.8 Å². The lowest BCUT2D eigenvalue weighted by atomic mass is 10.4. The van der Waals surface area contributed by atoms with E-state index in [9.17, 15) is 9.59 Å². The van der Waals surface area contributed by atoms with Gasteiger partial charge < -0.3 is 9.84 Å². The molecule has 0 saturated heterocycles. The normalized spacial score (nSPS) is 7.19. The Hall–Kier alpha value is -1.58. The van der Waals surface area contributed by atoms with Crippen LogP contribution in [0, 0.1) is 0 Å². The van der Waals surface area contributed by atoms with E-state index in [1.54, 1.807) is 0 Å². The van der Waals surface area contributed by atoms with E-state index >= 15 is 0 Å². The van der Waals surface area contributed by atoms with Crippen molar-refractivity contribution in [2.24, 2.45) is 0 Å². The Morgan fingerprint density at radius 1 is 1.25 bits per heavy atom. The van der Waals surface area contributed by atoms with Gasteiger partial charge in [0.1, 0.15) is 0 Å². The van der Waals surface area contributed by atoms with Crippen molar-refractivity contribution in [1.29, 1.82) is 0 Å². The van der Waals surface area contributed by atoms with Crippen molar-refractivity contribution >= 4 is 11.9 Å². The van der Waals surface area contributed by atoms with Crippen LogP contribution in [0.5, 0.6) is 0 Å². The molecule has 4 nitrogen and oxygen atoms in total. The molecule has 0 radical (unpaired) electrons. The average molecular weight is 230 g/mol. The highest BCUT2D eigenvalue weighted by molar-refractivity contribution is 5.81. The SMILES string of the molecule is C=CC(=O)O.C=CC(=O)OCCCC.CC. The quantitative estimate of drug-likeness (QED) is 0.448. The molecular weight excluding hydrogens is 208 g/mol. The zero-order valence-electron chi connectivity index (χ0n) is 10.4. The fourth-order valence-electron chi connectivity index (χ4n) is 0.376. The lowest BCUT2D eigenvalue weighted by Gasteiger charge is -1.97. The van der Waals surface area contributed by atoms with Crippen LogP contribution in [0.2, 0.25) is 0 Å². The van der Waals surface area contributed by atoms with Crippen molar-refractivity contribution in [3.63, 3.8) is 0 Å². The summed E-state index contributed by atoms with van der Waals surface area (Å²) >= 11 is 0. The molecule has 94 valence electrons. The van der Waals surface area contributed by atoms with Crippen LogP contribution in [-0.2, 0) is 14.3 Å². The van der Waals surface area contributed by atoms with Crippen molar-refractivity contribution in [3.05, 3.63) is 25.3 Å². The second kappa shape index (κ2) is 19.1. The molecule has 0 atom stereocenters. The monoisotopic (exact) mass is 230 g/mol. The summed E-state index contributed by atoms with van der Waals surface area (Å²) in [7, 11) is 0. The minimum Gasteiger partial charge on any atom is -0.478 e. The zero-order valence-corrected chi connectivity index (χ0v) is 10.4. The van der Waals surface area contributed by atoms with Crippen LogP contribution in [0.1, 0.15) is 33.6 Å². The van der Waals surface area contributed by atoms with Crippen molar-refractivity contribution in [2.75, 3.05) is 6.61 Å². The van der Waals surface area contributed by atoms with Gasteiger partial charge in [0.2, 0.25) is 0 Å². The van der Waals surface area contributed by atoms with Crippen molar-refractivity contribution < 1.29 is 19.4 Å². The Balaban J connectivity index is -0.000000205. The molecule has 0 saturated carbocycles. The molecule has 0 aliphatic rings. The highest BCUT2D eigenvalue weighted by atomic mass is 16.5. The third-order valence-corrected chi connectivity index (χ3v) is 1.08. The van der Waals surface area contributed by atoms with E-state index < -0.39 is 5.97 Å². The first kappa shape index (κ1) is 19.9. The van der Waals surface area contributed by atoms with Gasteiger partial charge in [0, 0.05) is 12.2 Å². The molecular formula is C12H22O4. The third-order valence-electron chi connectivity index (χ3n) is 1.08. The molecule has 4 heteroatoms. The number of hydrogen-bond acceptors (Lipinski definition) is 3. The number of carboxylic acids is 1. The van der Waals surface area contributed by atoms with Gasteiger partial charge in [-0.3, -0.25) is 0 Å². The van der Waals surface area contributed by atoms with Crippen LogP contribution in [0.15, 0.2) is 25.3 Å². The first-order valence-electron chi connectivity index (χ1n) is 5.23. The maximum Gasteiger partial charge on any atom is 0.330 e. The molecule has 0 aromatic heterocycles. The molecule has 0 bridgehead atoms. The van der Waals surface area contributed by atoms with Gasteiger partial charge in [-0.2, -0.15) is 0 Å². The smallest absolute Gasteiger partial charge is 0.330 e. The Labute approximate surface area is 97.6 Å². The molecule has 1 N–H and O–H groups in total. The molecule has 0 spiro atoms. The Morgan fingerprint density at radius 2 is 1.69 bits per heavy atom. The summed E-state index contributed by atoms with van der Waals surface area (Å²) in [5.41, 5.74) is 0. The second-order valence-electron chi connectivity index (χ2n) is 2.27. The maximum atomic E-state index is 10.3. The molecule has 0 fully saturated rings. The van der Waals surface area contributed by atoms with Gasteiger partial charge in [0.05, 0.1) is 6.61 Å². The lowest BCUT2D eigenvalue weighted by molar-refractivity contribution is -0.137. The highest BCUT2D eigenvalue weighted by Crippen LogP contribution is 1.88. The van der Waals surface area contributed by atoms with Crippen LogP contribution in [0.4, 0.5) is 0 Å². The average Bonchev–Trinajstić information content (AvgIpc) is 2.32. The van der Waals surface area contributed by atoms with Gasteiger partial charge in [0.25, 0.3) is 0 Å². The summed E-state index contributed by atoms with van der Waals surface area (Å²) in [6, 6.07) is 0. The van der Waals surface area contributed by atoms with Crippen molar-refractivity contribution in [2.45, 2.75) is 33.6 Å². The molecule has 0 aliphatic heterocycles. The number of carbonyl (C=O) groups excluding carboxylic acids is 1. The number of unbranched alkanes of at least 4 members (excludes halogenated alkanes) is 1. The summed E-state index contributed by atoms with van der Waals surface area (Å²) in [5, 5.41) is 7.60. The van der Waals surface area contributed by atoms with E-state index in [-0.39, 0.29) is 5.97 Å². The van der Waals surface area contributed by atoms with Gasteiger partial charge in [-0.25, -0.2) is 9.59 Å². The van der Waals surface area contributed by atoms with E-state index in [4.69, 9.17) is 5.11 Å². The van der Waals surface area contributed by atoms with Crippen LogP contribution in [-0.4, -0.2) is 23.7 Å². The van der Waals surface area contributed by atoms with Gasteiger partial charge in [-0.15, -0.1) is 0 Å². The molecule has 16 heavy (non-hydrogen) atoms. The topological polar surface area (TPSA) is 63.6 Å². The van der Waals surface area contributed by atoms with Crippen LogP contribution in [0.3, 0.4) is 0 Å². The number of carboxylic acid groups (broad SMARTS) is 1. The number of carbonyl (C=O) groups is 2. The first-order chi connectivity index (χ1) is 7.58. The zero-order chi connectivity index (χ0) is 13.4. The summed E-state index contributed by atoms with van der Waals surface area (Å²) < 4.78 is 4.67. The van der Waals surface area contributed by atoms with Crippen molar-refractivity contribution in [1.82, 2.24) is 0 Å². The number of hydrogen-bond donors (Lipinski definition) is 1. The van der Waals surface area contributed by atoms with E-state index in [2.05, 4.69) is 17.9 Å².